The first-order valence-electron chi connectivity index (χ1n) is 7.10. The van der Waals surface area contributed by atoms with Gasteiger partial charge in [0.05, 0.1) is 5.69 Å². The molecule has 0 aliphatic heterocycles. The minimum Gasteiger partial charge on any atom is -0.332 e. The van der Waals surface area contributed by atoms with Gasteiger partial charge in [0, 0.05) is 21.2 Å². The van der Waals surface area contributed by atoms with E-state index in [1.54, 1.807) is 11.3 Å². The fourth-order valence-electron chi connectivity index (χ4n) is 2.26. The summed E-state index contributed by atoms with van der Waals surface area (Å²) in [6, 6.07) is 14.1. The monoisotopic (exact) mass is 328 g/mol. The number of rotatable bonds is 3. The highest BCUT2D eigenvalue weighted by atomic mass is 35.5. The Labute approximate surface area is 139 Å². The zero-order valence-electron chi connectivity index (χ0n) is 12.8. The van der Waals surface area contributed by atoms with Crippen molar-refractivity contribution in [3.63, 3.8) is 0 Å². The summed E-state index contributed by atoms with van der Waals surface area (Å²) in [5.41, 5.74) is 5.80. The summed E-state index contributed by atoms with van der Waals surface area (Å²) in [5, 5.41) is 4.97. The van der Waals surface area contributed by atoms with Crippen LogP contribution in [0.3, 0.4) is 0 Å². The quantitative estimate of drug-likeness (QED) is 0.625. The number of benzene rings is 2. The summed E-state index contributed by atoms with van der Waals surface area (Å²) in [4.78, 5) is 5.95. The number of hydrogen-bond acceptors (Lipinski definition) is 3. The first kappa shape index (κ1) is 15.1. The van der Waals surface area contributed by atoms with Crippen LogP contribution in [0.5, 0.6) is 0 Å². The molecular formula is C18H17ClN2S. The van der Waals surface area contributed by atoms with Crippen LogP contribution in [0.4, 0.5) is 10.8 Å². The molecular weight excluding hydrogens is 312 g/mol. The fraction of sp³-hybridized carbons (Fsp3) is 0.167. The van der Waals surface area contributed by atoms with Crippen LogP contribution in [-0.4, -0.2) is 4.98 Å². The Bertz CT molecular complexity index is 806. The third kappa shape index (κ3) is 3.16. The first-order chi connectivity index (χ1) is 10.5. The van der Waals surface area contributed by atoms with Crippen molar-refractivity contribution < 1.29 is 0 Å². The van der Waals surface area contributed by atoms with E-state index in [4.69, 9.17) is 16.6 Å². The first-order valence-corrected chi connectivity index (χ1v) is 8.30. The van der Waals surface area contributed by atoms with E-state index < -0.39 is 0 Å². The van der Waals surface area contributed by atoms with E-state index in [2.05, 4.69) is 44.3 Å². The highest BCUT2D eigenvalue weighted by molar-refractivity contribution is 7.16. The molecule has 0 spiro atoms. The molecule has 4 heteroatoms. The maximum Gasteiger partial charge on any atom is 0.187 e. The number of anilines is 2. The summed E-state index contributed by atoms with van der Waals surface area (Å²) in [5.74, 6) is 0. The number of nitrogens with zero attached hydrogens (tertiary/aromatic N) is 1. The average Bonchev–Trinajstić information content (AvgIpc) is 2.85. The molecule has 22 heavy (non-hydrogen) atoms. The minimum absolute atomic E-state index is 0.733. The highest BCUT2D eigenvalue weighted by Gasteiger charge is 2.10. The number of nitrogens with one attached hydrogen (secondary N) is 1. The molecule has 0 saturated carbocycles. The van der Waals surface area contributed by atoms with Gasteiger partial charge in [-0.15, -0.1) is 11.3 Å². The summed E-state index contributed by atoms with van der Waals surface area (Å²) >= 11 is 7.57. The van der Waals surface area contributed by atoms with E-state index in [0.29, 0.717) is 0 Å². The van der Waals surface area contributed by atoms with Crippen LogP contribution in [0.1, 0.15) is 16.0 Å². The molecule has 0 radical (unpaired) electrons. The van der Waals surface area contributed by atoms with Crippen molar-refractivity contribution in [2.24, 2.45) is 0 Å². The van der Waals surface area contributed by atoms with Crippen LogP contribution in [0.15, 0.2) is 42.5 Å². The normalized spacial score (nSPS) is 10.7. The molecule has 2 aromatic carbocycles. The summed E-state index contributed by atoms with van der Waals surface area (Å²) in [7, 11) is 0. The van der Waals surface area contributed by atoms with E-state index in [1.165, 1.54) is 21.6 Å². The lowest BCUT2D eigenvalue weighted by molar-refractivity contribution is 1.31. The van der Waals surface area contributed by atoms with Crippen LogP contribution < -0.4 is 5.32 Å². The Hall–Kier alpha value is -1.84. The second kappa shape index (κ2) is 6.11. The van der Waals surface area contributed by atoms with Gasteiger partial charge in [0.15, 0.2) is 5.13 Å². The third-order valence-electron chi connectivity index (χ3n) is 3.67. The van der Waals surface area contributed by atoms with Crippen molar-refractivity contribution in [3.05, 3.63) is 63.5 Å². The van der Waals surface area contributed by atoms with E-state index >= 15 is 0 Å². The van der Waals surface area contributed by atoms with Crippen LogP contribution in [0.2, 0.25) is 5.02 Å². The van der Waals surface area contributed by atoms with Gasteiger partial charge in [-0.25, -0.2) is 4.98 Å². The molecule has 0 unspecified atom stereocenters. The molecule has 2 nitrogen and oxygen atoms in total. The Balaban J connectivity index is 1.90. The zero-order chi connectivity index (χ0) is 15.7. The zero-order valence-corrected chi connectivity index (χ0v) is 14.3. The largest absolute Gasteiger partial charge is 0.332 e. The smallest absolute Gasteiger partial charge is 0.187 e. The molecule has 1 heterocycles. The Kier molecular flexibility index (Phi) is 4.19. The Morgan fingerprint density at radius 1 is 0.955 bits per heavy atom. The maximum atomic E-state index is 5.91. The molecule has 0 atom stereocenters. The van der Waals surface area contributed by atoms with Crippen molar-refractivity contribution in [1.82, 2.24) is 4.98 Å². The van der Waals surface area contributed by atoms with Gasteiger partial charge in [0.25, 0.3) is 0 Å². The SMILES string of the molecule is Cc1ccc(-c2nc(Nc3ccc(Cl)cc3)sc2C)cc1C. The van der Waals surface area contributed by atoms with E-state index in [0.717, 1.165) is 21.5 Å². The van der Waals surface area contributed by atoms with Crippen LogP contribution in [0.25, 0.3) is 11.3 Å². The van der Waals surface area contributed by atoms with Gasteiger partial charge in [-0.1, -0.05) is 23.7 Å². The predicted molar refractivity (Wildman–Crippen MR) is 96.5 cm³/mol. The predicted octanol–water partition coefficient (Wildman–Crippen LogP) is 6.13. The number of thiazole rings is 1. The van der Waals surface area contributed by atoms with Crippen molar-refractivity contribution in [2.45, 2.75) is 20.8 Å². The van der Waals surface area contributed by atoms with Gasteiger partial charge < -0.3 is 5.32 Å². The van der Waals surface area contributed by atoms with Crippen molar-refractivity contribution in [3.8, 4) is 11.3 Å². The standard InChI is InChI=1S/C18H17ClN2S/c1-11-4-5-14(10-12(11)2)17-13(3)22-18(21-17)20-16-8-6-15(19)7-9-16/h4-10H,1-3H3,(H,20,21). The minimum atomic E-state index is 0.733. The Morgan fingerprint density at radius 2 is 1.68 bits per heavy atom. The molecule has 0 fully saturated rings. The van der Waals surface area contributed by atoms with Crippen molar-refractivity contribution in [1.29, 1.82) is 0 Å². The molecule has 3 rings (SSSR count). The fourth-order valence-corrected chi connectivity index (χ4v) is 3.25. The maximum absolute atomic E-state index is 5.91. The molecule has 0 aliphatic rings. The summed E-state index contributed by atoms with van der Waals surface area (Å²) < 4.78 is 0. The Morgan fingerprint density at radius 3 is 2.36 bits per heavy atom. The highest BCUT2D eigenvalue weighted by Crippen LogP contribution is 2.32. The molecule has 0 aliphatic carbocycles. The molecule has 0 saturated heterocycles. The topological polar surface area (TPSA) is 24.9 Å². The van der Waals surface area contributed by atoms with Crippen LogP contribution >= 0.6 is 22.9 Å². The van der Waals surface area contributed by atoms with Crippen LogP contribution in [0, 0.1) is 20.8 Å². The second-order valence-corrected chi connectivity index (χ2v) is 6.99. The molecule has 1 N–H and O–H groups in total. The van der Waals surface area contributed by atoms with Crippen molar-refractivity contribution >= 4 is 33.8 Å². The average molecular weight is 329 g/mol. The molecule has 112 valence electrons. The van der Waals surface area contributed by atoms with E-state index in [9.17, 15) is 0 Å². The van der Waals surface area contributed by atoms with E-state index in [-0.39, 0.29) is 0 Å². The molecule has 0 bridgehead atoms. The number of halogens is 1. The lowest BCUT2D eigenvalue weighted by Gasteiger charge is -2.04. The summed E-state index contributed by atoms with van der Waals surface area (Å²) in [6.07, 6.45) is 0. The van der Waals surface area contributed by atoms with Gasteiger partial charge in [-0.2, -0.15) is 0 Å². The third-order valence-corrected chi connectivity index (χ3v) is 4.81. The molecule has 0 amide bonds. The number of aromatic nitrogens is 1. The van der Waals surface area contributed by atoms with Crippen molar-refractivity contribution in [2.75, 3.05) is 5.32 Å². The van der Waals surface area contributed by atoms with Gasteiger partial charge >= 0.3 is 0 Å². The lowest BCUT2D eigenvalue weighted by atomic mass is 10.0. The second-order valence-electron chi connectivity index (χ2n) is 5.35. The number of hydrogen-bond donors (Lipinski definition) is 1. The summed E-state index contributed by atoms with van der Waals surface area (Å²) in [6.45, 7) is 6.36. The van der Waals surface area contributed by atoms with Gasteiger partial charge in [-0.05, 0) is 62.2 Å². The van der Waals surface area contributed by atoms with Gasteiger partial charge in [-0.3, -0.25) is 0 Å². The van der Waals surface area contributed by atoms with E-state index in [1.807, 2.05) is 24.3 Å². The van der Waals surface area contributed by atoms with Gasteiger partial charge in [0.1, 0.15) is 0 Å². The van der Waals surface area contributed by atoms with Gasteiger partial charge in [0.2, 0.25) is 0 Å². The molecule has 1 aromatic heterocycles. The molecule has 3 aromatic rings. The van der Waals surface area contributed by atoms with Crippen LogP contribution in [-0.2, 0) is 0 Å². The number of aryl methyl sites for hydroxylation is 3. The lowest BCUT2D eigenvalue weighted by Crippen LogP contribution is -1.89.